The number of nitrogens with one attached hydrogen (secondary N) is 1. The van der Waals surface area contributed by atoms with Gasteiger partial charge in [0.25, 0.3) is 0 Å². The van der Waals surface area contributed by atoms with Gasteiger partial charge in [0.1, 0.15) is 0 Å². The first-order chi connectivity index (χ1) is 6.79. The molecule has 0 aliphatic carbocycles. The van der Waals surface area contributed by atoms with Gasteiger partial charge in [0.05, 0.1) is 6.10 Å². The van der Waals surface area contributed by atoms with Gasteiger partial charge < -0.3 is 10.4 Å². The highest BCUT2D eigenvalue weighted by Crippen LogP contribution is 1.96. The van der Waals surface area contributed by atoms with Crippen molar-refractivity contribution in [3.8, 4) is 0 Å². The Labute approximate surface area is 85.3 Å². The number of hydrogen-bond donors (Lipinski definition) is 2. The van der Waals surface area contributed by atoms with Gasteiger partial charge in [-0.15, -0.1) is 0 Å². The molecule has 1 atom stereocenters. The molecule has 0 fully saturated rings. The average molecular weight is 191 g/mol. The van der Waals surface area contributed by atoms with Gasteiger partial charge >= 0.3 is 0 Å². The molecule has 0 aliphatic heterocycles. The zero-order valence-corrected chi connectivity index (χ0v) is 8.48. The predicted molar refractivity (Wildman–Crippen MR) is 59.0 cm³/mol. The maximum atomic E-state index is 8.95. The van der Waals surface area contributed by atoms with E-state index in [0.717, 1.165) is 13.1 Å². The Balaban J connectivity index is 2.16. The quantitative estimate of drug-likeness (QED) is 0.548. The highest BCUT2D eigenvalue weighted by Gasteiger charge is 1.88. The van der Waals surface area contributed by atoms with Crippen LogP contribution in [0.15, 0.2) is 42.5 Å². The third kappa shape index (κ3) is 4.80. The highest BCUT2D eigenvalue weighted by atomic mass is 16.3. The van der Waals surface area contributed by atoms with Crippen molar-refractivity contribution in [2.45, 2.75) is 19.6 Å². The summed E-state index contributed by atoms with van der Waals surface area (Å²) in [6, 6.07) is 10.2. The van der Waals surface area contributed by atoms with E-state index in [0.29, 0.717) is 0 Å². The Morgan fingerprint density at radius 1 is 1.36 bits per heavy atom. The Hall–Kier alpha value is -1.12. The van der Waals surface area contributed by atoms with Gasteiger partial charge in [-0.25, -0.2) is 0 Å². The third-order valence-electron chi connectivity index (χ3n) is 1.85. The standard InChI is InChI=1S/C12H17NO/c1-11(14)6-5-9-13-10-12-7-3-2-4-8-12/h2-8,11,13-14H,9-10H2,1H3/b6-5+. The molecule has 0 bridgehead atoms. The first kappa shape index (κ1) is 11.0. The van der Waals surface area contributed by atoms with Crippen molar-refractivity contribution in [2.24, 2.45) is 0 Å². The maximum absolute atomic E-state index is 8.95. The fourth-order valence-electron chi connectivity index (χ4n) is 1.16. The molecule has 0 amide bonds. The zero-order valence-electron chi connectivity index (χ0n) is 8.48. The molecule has 0 aliphatic rings. The topological polar surface area (TPSA) is 32.3 Å². The maximum Gasteiger partial charge on any atom is 0.0693 e. The summed E-state index contributed by atoms with van der Waals surface area (Å²) in [6.07, 6.45) is 3.36. The van der Waals surface area contributed by atoms with E-state index in [-0.39, 0.29) is 6.10 Å². The molecule has 1 unspecified atom stereocenters. The van der Waals surface area contributed by atoms with E-state index in [1.807, 2.05) is 24.3 Å². The monoisotopic (exact) mass is 191 g/mol. The normalized spacial score (nSPS) is 13.3. The van der Waals surface area contributed by atoms with Crippen LogP contribution in [0.3, 0.4) is 0 Å². The highest BCUT2D eigenvalue weighted by molar-refractivity contribution is 5.14. The molecule has 0 radical (unpaired) electrons. The minimum atomic E-state index is -0.353. The van der Waals surface area contributed by atoms with E-state index in [1.165, 1.54) is 5.56 Å². The summed E-state index contributed by atoms with van der Waals surface area (Å²) in [5.41, 5.74) is 1.28. The van der Waals surface area contributed by atoms with Crippen molar-refractivity contribution in [1.82, 2.24) is 5.32 Å². The second kappa shape index (κ2) is 6.35. The van der Waals surface area contributed by atoms with Gasteiger partial charge in [-0.3, -0.25) is 0 Å². The molecule has 1 aromatic carbocycles. The minimum Gasteiger partial charge on any atom is -0.389 e. The van der Waals surface area contributed by atoms with Crippen molar-refractivity contribution in [3.63, 3.8) is 0 Å². The van der Waals surface area contributed by atoms with Gasteiger partial charge in [0.2, 0.25) is 0 Å². The summed E-state index contributed by atoms with van der Waals surface area (Å²) >= 11 is 0. The summed E-state index contributed by atoms with van der Waals surface area (Å²) in [5.74, 6) is 0. The SMILES string of the molecule is CC(O)/C=C/CNCc1ccccc1. The van der Waals surface area contributed by atoms with Crippen LogP contribution in [0.1, 0.15) is 12.5 Å². The van der Waals surface area contributed by atoms with Crippen molar-refractivity contribution in [3.05, 3.63) is 48.0 Å². The Kier molecular flexibility index (Phi) is 4.97. The van der Waals surface area contributed by atoms with Crippen LogP contribution in [0.25, 0.3) is 0 Å². The third-order valence-corrected chi connectivity index (χ3v) is 1.85. The van der Waals surface area contributed by atoms with Gasteiger partial charge in [0.15, 0.2) is 0 Å². The van der Waals surface area contributed by atoms with E-state index >= 15 is 0 Å². The molecule has 0 heterocycles. The second-order valence-electron chi connectivity index (χ2n) is 3.29. The molecule has 76 valence electrons. The molecular weight excluding hydrogens is 174 g/mol. The molecule has 0 spiro atoms. The molecule has 2 N–H and O–H groups in total. The van der Waals surface area contributed by atoms with Gasteiger partial charge in [-0.05, 0) is 12.5 Å². The van der Waals surface area contributed by atoms with Gasteiger partial charge in [0, 0.05) is 13.1 Å². The van der Waals surface area contributed by atoms with Crippen LogP contribution in [0, 0.1) is 0 Å². The lowest BCUT2D eigenvalue weighted by Gasteiger charge is -2.01. The lowest BCUT2D eigenvalue weighted by Crippen LogP contribution is -2.13. The van der Waals surface area contributed by atoms with E-state index in [2.05, 4.69) is 17.4 Å². The molecule has 0 saturated carbocycles. The summed E-state index contributed by atoms with van der Waals surface area (Å²) in [6.45, 7) is 3.40. The molecule has 14 heavy (non-hydrogen) atoms. The summed E-state index contributed by atoms with van der Waals surface area (Å²) in [7, 11) is 0. The van der Waals surface area contributed by atoms with E-state index < -0.39 is 0 Å². The smallest absolute Gasteiger partial charge is 0.0693 e. The van der Waals surface area contributed by atoms with Crippen molar-refractivity contribution in [1.29, 1.82) is 0 Å². The Morgan fingerprint density at radius 3 is 2.71 bits per heavy atom. The van der Waals surface area contributed by atoms with Crippen molar-refractivity contribution < 1.29 is 5.11 Å². The Bertz CT molecular complexity index is 267. The van der Waals surface area contributed by atoms with Crippen LogP contribution in [0.2, 0.25) is 0 Å². The van der Waals surface area contributed by atoms with Crippen LogP contribution in [0.4, 0.5) is 0 Å². The molecular formula is C12H17NO. The Morgan fingerprint density at radius 2 is 2.07 bits per heavy atom. The van der Waals surface area contributed by atoms with Crippen molar-refractivity contribution in [2.75, 3.05) is 6.54 Å². The number of benzene rings is 1. The number of aliphatic hydroxyl groups excluding tert-OH is 1. The zero-order chi connectivity index (χ0) is 10.2. The fourth-order valence-corrected chi connectivity index (χ4v) is 1.16. The van der Waals surface area contributed by atoms with Crippen LogP contribution < -0.4 is 5.32 Å². The summed E-state index contributed by atoms with van der Waals surface area (Å²) < 4.78 is 0. The second-order valence-corrected chi connectivity index (χ2v) is 3.29. The van der Waals surface area contributed by atoms with E-state index in [1.54, 1.807) is 13.0 Å². The molecule has 1 aromatic rings. The number of hydrogen-bond acceptors (Lipinski definition) is 2. The van der Waals surface area contributed by atoms with E-state index in [4.69, 9.17) is 5.11 Å². The molecule has 2 nitrogen and oxygen atoms in total. The predicted octanol–water partition coefficient (Wildman–Crippen LogP) is 1.71. The van der Waals surface area contributed by atoms with Crippen LogP contribution in [-0.2, 0) is 6.54 Å². The fraction of sp³-hybridized carbons (Fsp3) is 0.333. The number of aliphatic hydroxyl groups is 1. The van der Waals surface area contributed by atoms with Crippen molar-refractivity contribution >= 4 is 0 Å². The van der Waals surface area contributed by atoms with Crippen LogP contribution >= 0.6 is 0 Å². The molecule has 2 heteroatoms. The largest absolute Gasteiger partial charge is 0.389 e. The van der Waals surface area contributed by atoms with Gasteiger partial charge in [-0.2, -0.15) is 0 Å². The van der Waals surface area contributed by atoms with Crippen LogP contribution in [0.5, 0.6) is 0 Å². The summed E-state index contributed by atoms with van der Waals surface area (Å²) in [5, 5.41) is 12.2. The average Bonchev–Trinajstić information content (AvgIpc) is 2.18. The summed E-state index contributed by atoms with van der Waals surface area (Å²) in [4.78, 5) is 0. The lowest BCUT2D eigenvalue weighted by atomic mass is 10.2. The molecule has 0 aromatic heterocycles. The lowest BCUT2D eigenvalue weighted by molar-refractivity contribution is 0.244. The number of rotatable bonds is 5. The van der Waals surface area contributed by atoms with E-state index in [9.17, 15) is 0 Å². The molecule has 1 rings (SSSR count). The molecule has 0 saturated heterocycles. The van der Waals surface area contributed by atoms with Crippen LogP contribution in [-0.4, -0.2) is 17.8 Å². The first-order valence-corrected chi connectivity index (χ1v) is 4.88. The first-order valence-electron chi connectivity index (χ1n) is 4.88. The van der Waals surface area contributed by atoms with Gasteiger partial charge in [-0.1, -0.05) is 42.5 Å². The minimum absolute atomic E-state index is 0.353.